The lowest BCUT2D eigenvalue weighted by Crippen LogP contribution is -1.96. The molecule has 0 fully saturated rings. The minimum absolute atomic E-state index is 0.597. The van der Waals surface area contributed by atoms with Gasteiger partial charge in [0.25, 0.3) is 0 Å². The topological polar surface area (TPSA) is 9.23 Å². The average Bonchev–Trinajstić information content (AvgIpc) is 2.73. The lowest BCUT2D eigenvalue weighted by Gasteiger charge is -2.09. The maximum absolute atomic E-state index is 5.84. The fourth-order valence-corrected chi connectivity index (χ4v) is 3.59. The second kappa shape index (κ2) is 6.36. The lowest BCUT2D eigenvalue weighted by atomic mass is 10.2. The van der Waals surface area contributed by atoms with E-state index < -0.39 is 0 Å². The molecule has 0 unspecified atom stereocenters. The molecule has 0 aliphatic rings. The lowest BCUT2D eigenvalue weighted by molar-refractivity contribution is 0.307. The van der Waals surface area contributed by atoms with Crippen LogP contribution in [0.3, 0.4) is 0 Å². The summed E-state index contributed by atoms with van der Waals surface area (Å²) < 4.78 is 8.02. The van der Waals surface area contributed by atoms with Crippen molar-refractivity contribution in [1.82, 2.24) is 0 Å². The summed E-state index contributed by atoms with van der Waals surface area (Å²) >= 11 is 12.1. The normalized spacial score (nSPS) is 10.5. The van der Waals surface area contributed by atoms with Crippen LogP contribution in [0.25, 0.3) is 0 Å². The molecule has 90 valence electrons. The van der Waals surface area contributed by atoms with Crippen LogP contribution < -0.4 is 4.74 Å². The minimum Gasteiger partial charge on any atom is -0.488 e. The number of hydrogen-bond donors (Lipinski definition) is 0. The standard InChI is InChI=1S/C12H9Br3OS/c13-6-8-5-9(14)1-2-11(8)16-7-12-10(15)3-4-17-12/h1-5H,6-7H2. The van der Waals surface area contributed by atoms with Crippen molar-refractivity contribution in [2.45, 2.75) is 11.9 Å². The number of thiophene rings is 1. The molecule has 0 bridgehead atoms. The Labute approximate surface area is 130 Å². The monoisotopic (exact) mass is 438 g/mol. The van der Waals surface area contributed by atoms with E-state index in [-0.39, 0.29) is 0 Å². The zero-order chi connectivity index (χ0) is 12.3. The molecule has 0 aliphatic carbocycles. The van der Waals surface area contributed by atoms with Crippen molar-refractivity contribution in [3.63, 3.8) is 0 Å². The maximum Gasteiger partial charge on any atom is 0.124 e. The Balaban J connectivity index is 2.11. The summed E-state index contributed by atoms with van der Waals surface area (Å²) in [7, 11) is 0. The summed E-state index contributed by atoms with van der Waals surface area (Å²) in [6.45, 7) is 0.597. The van der Waals surface area contributed by atoms with E-state index in [1.165, 1.54) is 4.88 Å². The predicted octanol–water partition coefficient (Wildman–Crippen LogP) is 5.75. The Kier molecular flexibility index (Phi) is 5.09. The van der Waals surface area contributed by atoms with Gasteiger partial charge in [-0.25, -0.2) is 0 Å². The average molecular weight is 441 g/mol. The maximum atomic E-state index is 5.84. The van der Waals surface area contributed by atoms with Crippen molar-refractivity contribution in [2.75, 3.05) is 0 Å². The molecule has 1 heterocycles. The van der Waals surface area contributed by atoms with Crippen molar-refractivity contribution in [1.29, 1.82) is 0 Å². The molecule has 2 aromatic rings. The van der Waals surface area contributed by atoms with Gasteiger partial charge in [0.1, 0.15) is 12.4 Å². The number of alkyl halides is 1. The summed E-state index contributed by atoms with van der Waals surface area (Å²) in [5.74, 6) is 0.922. The van der Waals surface area contributed by atoms with Crippen LogP contribution in [0, 0.1) is 0 Å². The molecule has 0 N–H and O–H groups in total. The van der Waals surface area contributed by atoms with Gasteiger partial charge < -0.3 is 4.74 Å². The molecule has 0 atom stereocenters. The molecule has 5 heteroatoms. The molecule has 2 rings (SSSR count). The van der Waals surface area contributed by atoms with Crippen LogP contribution >= 0.6 is 59.1 Å². The first-order valence-corrected chi connectivity index (χ1v) is 8.48. The first-order valence-electron chi connectivity index (χ1n) is 4.90. The Morgan fingerprint density at radius 3 is 2.65 bits per heavy atom. The van der Waals surface area contributed by atoms with Crippen LogP contribution in [0.1, 0.15) is 10.4 Å². The second-order valence-electron chi connectivity index (χ2n) is 3.37. The van der Waals surface area contributed by atoms with Crippen molar-refractivity contribution >= 4 is 59.1 Å². The number of hydrogen-bond acceptors (Lipinski definition) is 2. The Bertz CT molecular complexity index is 510. The Morgan fingerprint density at radius 2 is 2.00 bits per heavy atom. The Morgan fingerprint density at radius 1 is 1.18 bits per heavy atom. The first-order chi connectivity index (χ1) is 8.20. The predicted molar refractivity (Wildman–Crippen MR) is 83.1 cm³/mol. The van der Waals surface area contributed by atoms with Gasteiger partial charge in [-0.05, 0) is 45.6 Å². The van der Waals surface area contributed by atoms with Gasteiger partial charge in [0, 0.05) is 19.8 Å². The Hall–Kier alpha value is 0.160. The van der Waals surface area contributed by atoms with E-state index >= 15 is 0 Å². The third kappa shape index (κ3) is 3.56. The van der Waals surface area contributed by atoms with Crippen LogP contribution in [0.4, 0.5) is 0 Å². The van der Waals surface area contributed by atoms with E-state index in [1.54, 1.807) is 11.3 Å². The van der Waals surface area contributed by atoms with Crippen molar-refractivity contribution in [3.8, 4) is 5.75 Å². The van der Waals surface area contributed by atoms with Crippen LogP contribution in [0.2, 0.25) is 0 Å². The SMILES string of the molecule is BrCc1cc(Br)ccc1OCc1sccc1Br. The molecule has 17 heavy (non-hydrogen) atoms. The smallest absolute Gasteiger partial charge is 0.124 e. The molecule has 0 aliphatic heterocycles. The van der Waals surface area contributed by atoms with Crippen LogP contribution in [0.15, 0.2) is 38.6 Å². The van der Waals surface area contributed by atoms with Gasteiger partial charge in [-0.2, -0.15) is 0 Å². The van der Waals surface area contributed by atoms with Gasteiger partial charge in [0.05, 0.1) is 4.88 Å². The number of rotatable bonds is 4. The van der Waals surface area contributed by atoms with Gasteiger partial charge >= 0.3 is 0 Å². The fourth-order valence-electron chi connectivity index (χ4n) is 1.36. The molecule has 0 radical (unpaired) electrons. The van der Waals surface area contributed by atoms with Gasteiger partial charge in [0.2, 0.25) is 0 Å². The second-order valence-corrected chi connectivity index (χ2v) is 6.70. The van der Waals surface area contributed by atoms with Crippen molar-refractivity contribution in [3.05, 3.63) is 49.0 Å². The van der Waals surface area contributed by atoms with E-state index in [9.17, 15) is 0 Å². The van der Waals surface area contributed by atoms with Crippen LogP contribution in [0.5, 0.6) is 5.75 Å². The molecular formula is C12H9Br3OS. The summed E-state index contributed by atoms with van der Waals surface area (Å²) in [5, 5.41) is 2.84. The molecule has 1 aromatic carbocycles. The highest BCUT2D eigenvalue weighted by atomic mass is 79.9. The summed E-state index contributed by atoms with van der Waals surface area (Å²) in [4.78, 5) is 1.20. The quantitative estimate of drug-likeness (QED) is 0.550. The van der Waals surface area contributed by atoms with E-state index in [0.29, 0.717) is 6.61 Å². The van der Waals surface area contributed by atoms with Gasteiger partial charge in [-0.15, -0.1) is 11.3 Å². The van der Waals surface area contributed by atoms with E-state index in [1.807, 2.05) is 18.2 Å². The minimum atomic E-state index is 0.597. The summed E-state index contributed by atoms with van der Waals surface area (Å²) in [6.07, 6.45) is 0. The third-order valence-corrected chi connectivity index (χ3v) is 5.21. The summed E-state index contributed by atoms with van der Waals surface area (Å²) in [5.41, 5.74) is 1.15. The highest BCUT2D eigenvalue weighted by Gasteiger charge is 2.06. The molecular weight excluding hydrogens is 432 g/mol. The number of benzene rings is 1. The zero-order valence-electron chi connectivity index (χ0n) is 8.75. The highest BCUT2D eigenvalue weighted by Crippen LogP contribution is 2.28. The molecule has 1 aromatic heterocycles. The number of ether oxygens (including phenoxy) is 1. The molecule has 0 amide bonds. The van der Waals surface area contributed by atoms with Crippen LogP contribution in [-0.2, 0) is 11.9 Å². The first kappa shape index (κ1) is 13.6. The summed E-state index contributed by atoms with van der Waals surface area (Å²) in [6, 6.07) is 8.08. The number of halogens is 3. The molecule has 0 saturated carbocycles. The van der Waals surface area contributed by atoms with Gasteiger partial charge in [0.15, 0.2) is 0 Å². The largest absolute Gasteiger partial charge is 0.488 e. The molecule has 0 spiro atoms. The molecule has 0 saturated heterocycles. The van der Waals surface area contributed by atoms with Gasteiger partial charge in [-0.3, -0.25) is 0 Å². The van der Waals surface area contributed by atoms with E-state index in [2.05, 4.69) is 59.2 Å². The third-order valence-electron chi connectivity index (χ3n) is 2.22. The zero-order valence-corrected chi connectivity index (χ0v) is 14.3. The van der Waals surface area contributed by atoms with Crippen molar-refractivity contribution in [2.24, 2.45) is 0 Å². The molecule has 1 nitrogen and oxygen atoms in total. The highest BCUT2D eigenvalue weighted by molar-refractivity contribution is 9.11. The van der Waals surface area contributed by atoms with Crippen LogP contribution in [-0.4, -0.2) is 0 Å². The van der Waals surface area contributed by atoms with E-state index in [4.69, 9.17) is 4.74 Å². The van der Waals surface area contributed by atoms with E-state index in [0.717, 1.165) is 25.6 Å². The van der Waals surface area contributed by atoms with Gasteiger partial charge in [-0.1, -0.05) is 31.9 Å². The fraction of sp³-hybridized carbons (Fsp3) is 0.167. The van der Waals surface area contributed by atoms with Crippen molar-refractivity contribution < 1.29 is 4.74 Å².